The first-order valence-corrected chi connectivity index (χ1v) is 6.49. The Hall–Kier alpha value is -1.04. The van der Waals surface area contributed by atoms with Gasteiger partial charge in [0, 0.05) is 0 Å². The van der Waals surface area contributed by atoms with Crippen LogP contribution in [0.1, 0.15) is 58.6 Å². The predicted octanol–water partition coefficient (Wildman–Crippen LogP) is 5.72. The van der Waals surface area contributed by atoms with E-state index in [0.717, 1.165) is 6.42 Å². The molecule has 0 unspecified atom stereocenters. The summed E-state index contributed by atoms with van der Waals surface area (Å²) >= 11 is 0. The molecule has 0 aliphatic rings. The van der Waals surface area contributed by atoms with Gasteiger partial charge in [-0.3, -0.25) is 0 Å². The molecular formula is C16H28. The summed E-state index contributed by atoms with van der Waals surface area (Å²) in [6, 6.07) is 8.45. The first kappa shape index (κ1) is 17.4. The van der Waals surface area contributed by atoms with Gasteiger partial charge in [-0.05, 0) is 17.5 Å². The fraction of sp³-hybridized carbons (Fsp3) is 0.500. The third-order valence-electron chi connectivity index (χ3n) is 2.12. The van der Waals surface area contributed by atoms with Gasteiger partial charge in [-0.2, -0.15) is 0 Å². The lowest BCUT2D eigenvalue weighted by molar-refractivity contribution is 0.886. The van der Waals surface area contributed by atoms with E-state index in [1.807, 2.05) is 19.9 Å². The van der Waals surface area contributed by atoms with Gasteiger partial charge in [-0.25, -0.2) is 0 Å². The molecule has 92 valence electrons. The van der Waals surface area contributed by atoms with Gasteiger partial charge in [0.2, 0.25) is 0 Å². The van der Waals surface area contributed by atoms with E-state index in [-0.39, 0.29) is 0 Å². The van der Waals surface area contributed by atoms with E-state index in [2.05, 4.69) is 51.6 Å². The van der Waals surface area contributed by atoms with Gasteiger partial charge in [0.1, 0.15) is 0 Å². The molecule has 0 spiro atoms. The fourth-order valence-corrected chi connectivity index (χ4v) is 0.889. The Morgan fingerprint density at radius 3 is 1.62 bits per heavy atom. The normalized spacial score (nSPS) is 8.06. The van der Waals surface area contributed by atoms with Gasteiger partial charge in [0.15, 0.2) is 0 Å². The van der Waals surface area contributed by atoms with Gasteiger partial charge in [-0.1, -0.05) is 84.4 Å². The molecule has 0 bridgehead atoms. The molecule has 16 heavy (non-hydrogen) atoms. The standard InChI is InChI=1S/C10H12.C4H10.C2H6/c1-3-9-5-7-10(4-2)8-6-9;1-3-4-2;1-2/h3,5-8H,1,4H2,2H3;3-4H2,1-2H3;1-2H3. The number of rotatable bonds is 3. The zero-order chi connectivity index (χ0) is 12.8. The number of hydrogen-bond acceptors (Lipinski definition) is 0. The van der Waals surface area contributed by atoms with Crippen molar-refractivity contribution in [2.75, 3.05) is 0 Å². The number of unbranched alkanes of at least 4 members (excludes halogenated alkanes) is 1. The summed E-state index contributed by atoms with van der Waals surface area (Å²) in [6.07, 6.45) is 5.61. The van der Waals surface area contributed by atoms with Gasteiger partial charge in [0.05, 0.1) is 0 Å². The average molecular weight is 220 g/mol. The van der Waals surface area contributed by atoms with Crippen molar-refractivity contribution in [3.8, 4) is 0 Å². The van der Waals surface area contributed by atoms with Gasteiger partial charge >= 0.3 is 0 Å². The minimum Gasteiger partial charge on any atom is -0.0985 e. The van der Waals surface area contributed by atoms with Crippen molar-refractivity contribution in [1.82, 2.24) is 0 Å². The second-order valence-corrected chi connectivity index (χ2v) is 3.30. The highest BCUT2D eigenvalue weighted by molar-refractivity contribution is 5.47. The molecule has 1 aromatic carbocycles. The fourth-order valence-electron chi connectivity index (χ4n) is 0.889. The van der Waals surface area contributed by atoms with E-state index >= 15 is 0 Å². The van der Waals surface area contributed by atoms with Gasteiger partial charge in [-0.15, -0.1) is 0 Å². The summed E-state index contributed by atoms with van der Waals surface area (Å²) in [5.74, 6) is 0. The Kier molecular flexibility index (Phi) is 15.1. The van der Waals surface area contributed by atoms with Crippen molar-refractivity contribution in [3.05, 3.63) is 42.0 Å². The van der Waals surface area contributed by atoms with Crippen LogP contribution in [0.15, 0.2) is 30.8 Å². The van der Waals surface area contributed by atoms with E-state index in [1.165, 1.54) is 24.0 Å². The molecule has 0 atom stereocenters. The van der Waals surface area contributed by atoms with E-state index in [4.69, 9.17) is 0 Å². The molecule has 0 saturated heterocycles. The smallest absolute Gasteiger partial charge is 0.0262 e. The van der Waals surface area contributed by atoms with Crippen molar-refractivity contribution >= 4 is 6.08 Å². The summed E-state index contributed by atoms with van der Waals surface area (Å²) in [7, 11) is 0. The maximum Gasteiger partial charge on any atom is -0.0262 e. The molecule has 1 rings (SSSR count). The topological polar surface area (TPSA) is 0 Å². The highest BCUT2D eigenvalue weighted by Gasteiger charge is 1.86. The minimum absolute atomic E-state index is 1.11. The van der Waals surface area contributed by atoms with Crippen LogP contribution in [0.2, 0.25) is 0 Å². The zero-order valence-corrected chi connectivity index (χ0v) is 11.7. The number of aryl methyl sites for hydroxylation is 1. The van der Waals surface area contributed by atoms with Crippen LogP contribution in [0.4, 0.5) is 0 Å². The Balaban J connectivity index is 0. The van der Waals surface area contributed by atoms with Crippen molar-refractivity contribution in [2.24, 2.45) is 0 Å². The second kappa shape index (κ2) is 14.0. The van der Waals surface area contributed by atoms with Crippen molar-refractivity contribution in [3.63, 3.8) is 0 Å². The van der Waals surface area contributed by atoms with Crippen LogP contribution in [0.3, 0.4) is 0 Å². The largest absolute Gasteiger partial charge is 0.0985 e. The lowest BCUT2D eigenvalue weighted by Crippen LogP contribution is -1.78. The van der Waals surface area contributed by atoms with Crippen LogP contribution in [-0.2, 0) is 6.42 Å². The third-order valence-corrected chi connectivity index (χ3v) is 2.12. The van der Waals surface area contributed by atoms with Gasteiger partial charge in [0.25, 0.3) is 0 Å². The molecule has 0 aliphatic carbocycles. The van der Waals surface area contributed by atoms with Crippen molar-refractivity contribution in [1.29, 1.82) is 0 Å². The first-order chi connectivity index (χ1) is 7.78. The van der Waals surface area contributed by atoms with Crippen LogP contribution in [-0.4, -0.2) is 0 Å². The molecule has 0 radical (unpaired) electrons. The van der Waals surface area contributed by atoms with E-state index < -0.39 is 0 Å². The van der Waals surface area contributed by atoms with Crippen LogP contribution in [0, 0.1) is 0 Å². The monoisotopic (exact) mass is 220 g/mol. The average Bonchev–Trinajstić information content (AvgIpc) is 2.41. The lowest BCUT2D eigenvalue weighted by Gasteiger charge is -1.95. The summed E-state index contributed by atoms with van der Waals surface area (Å²) < 4.78 is 0. The molecule has 0 heterocycles. The summed E-state index contributed by atoms with van der Waals surface area (Å²) in [6.45, 7) is 14.2. The SMILES string of the molecule is C=Cc1ccc(CC)cc1.CC.CCCC. The molecule has 0 heteroatoms. The van der Waals surface area contributed by atoms with Crippen LogP contribution < -0.4 is 0 Å². The molecule has 0 saturated carbocycles. The number of benzene rings is 1. The maximum absolute atomic E-state index is 3.69. The van der Waals surface area contributed by atoms with E-state index in [0.29, 0.717) is 0 Å². The quantitative estimate of drug-likeness (QED) is 0.610. The van der Waals surface area contributed by atoms with Crippen LogP contribution >= 0.6 is 0 Å². The van der Waals surface area contributed by atoms with Crippen molar-refractivity contribution in [2.45, 2.75) is 53.9 Å². The second-order valence-electron chi connectivity index (χ2n) is 3.30. The Morgan fingerprint density at radius 1 is 0.938 bits per heavy atom. The number of hydrogen-bond donors (Lipinski definition) is 0. The van der Waals surface area contributed by atoms with Crippen molar-refractivity contribution < 1.29 is 0 Å². The minimum atomic E-state index is 1.11. The Bertz CT molecular complexity index is 229. The maximum atomic E-state index is 3.69. The Labute approximate surface area is 102 Å². The van der Waals surface area contributed by atoms with Crippen LogP contribution in [0.25, 0.3) is 6.08 Å². The van der Waals surface area contributed by atoms with Gasteiger partial charge < -0.3 is 0 Å². The molecular weight excluding hydrogens is 192 g/mol. The third kappa shape index (κ3) is 9.51. The summed E-state index contributed by atoms with van der Waals surface area (Å²) in [4.78, 5) is 0. The molecule has 0 aromatic heterocycles. The molecule has 0 aliphatic heterocycles. The highest BCUT2D eigenvalue weighted by atomic mass is 13.9. The lowest BCUT2D eigenvalue weighted by atomic mass is 10.1. The molecule has 1 aromatic rings. The molecule has 0 nitrogen and oxygen atoms in total. The molecule has 0 N–H and O–H groups in total. The molecule has 0 amide bonds. The zero-order valence-electron chi connectivity index (χ0n) is 11.7. The van der Waals surface area contributed by atoms with E-state index in [1.54, 1.807) is 0 Å². The van der Waals surface area contributed by atoms with E-state index in [9.17, 15) is 0 Å². The highest BCUT2D eigenvalue weighted by Crippen LogP contribution is 2.05. The Morgan fingerprint density at radius 2 is 1.38 bits per heavy atom. The van der Waals surface area contributed by atoms with Crippen LogP contribution in [0.5, 0.6) is 0 Å². The summed E-state index contributed by atoms with van der Waals surface area (Å²) in [5.41, 5.74) is 2.57. The molecule has 0 fully saturated rings. The predicted molar refractivity (Wildman–Crippen MR) is 77.8 cm³/mol. The first-order valence-electron chi connectivity index (χ1n) is 6.49. The summed E-state index contributed by atoms with van der Waals surface area (Å²) in [5, 5.41) is 0.